The van der Waals surface area contributed by atoms with E-state index in [1.54, 1.807) is 0 Å². The van der Waals surface area contributed by atoms with Crippen LogP contribution in [-0.2, 0) is 0 Å². The fourth-order valence-corrected chi connectivity index (χ4v) is 2.17. The molecule has 1 heterocycles. The first kappa shape index (κ1) is 11.9. The maximum absolute atomic E-state index is 12.0. The third kappa shape index (κ3) is 2.94. The summed E-state index contributed by atoms with van der Waals surface area (Å²) in [5.41, 5.74) is 2.90. The van der Waals surface area contributed by atoms with Crippen molar-refractivity contribution < 1.29 is 4.79 Å². The summed E-state index contributed by atoms with van der Waals surface area (Å²) in [5.74, 6) is 0.493. The zero-order valence-corrected chi connectivity index (χ0v) is 10.5. The number of benzene rings is 1. The number of thioether (sulfide) groups is 1. The zero-order chi connectivity index (χ0) is 12.3. The molecular weight excluding hydrogens is 234 g/mol. The molecule has 0 aliphatic rings. The van der Waals surface area contributed by atoms with Crippen LogP contribution in [0.2, 0.25) is 0 Å². The number of Topliss-reactive ketones (excluding diaryl/α,β-unsaturated/α-hetero) is 1. The van der Waals surface area contributed by atoms with Gasteiger partial charge in [-0.05, 0) is 25.5 Å². The van der Waals surface area contributed by atoms with Crippen LogP contribution >= 0.6 is 11.8 Å². The molecule has 0 saturated heterocycles. The van der Waals surface area contributed by atoms with Gasteiger partial charge in [0.25, 0.3) is 0 Å². The molecule has 1 aromatic carbocycles. The van der Waals surface area contributed by atoms with Crippen LogP contribution in [0.15, 0.2) is 29.7 Å². The van der Waals surface area contributed by atoms with Crippen LogP contribution in [0.5, 0.6) is 0 Å². The van der Waals surface area contributed by atoms with Crippen molar-refractivity contribution in [2.75, 3.05) is 5.75 Å². The van der Waals surface area contributed by atoms with Crippen LogP contribution in [0.1, 0.15) is 21.5 Å². The number of H-pyrrole nitrogens is 1. The quantitative estimate of drug-likeness (QED) is 0.665. The summed E-state index contributed by atoms with van der Waals surface area (Å²) in [6.45, 7) is 3.94. The van der Waals surface area contributed by atoms with Gasteiger partial charge in [0.05, 0.1) is 5.75 Å². The van der Waals surface area contributed by atoms with Gasteiger partial charge in [-0.2, -0.15) is 5.10 Å². The SMILES string of the molecule is Cc1ccc(C)c(C(=O)CSc2ncn[nH]2)c1. The highest BCUT2D eigenvalue weighted by atomic mass is 32.2. The van der Waals surface area contributed by atoms with E-state index in [1.807, 2.05) is 32.0 Å². The Hall–Kier alpha value is -1.62. The lowest BCUT2D eigenvalue weighted by molar-refractivity contribution is 0.102. The van der Waals surface area contributed by atoms with Crippen molar-refractivity contribution in [2.45, 2.75) is 19.0 Å². The molecule has 88 valence electrons. The number of aryl methyl sites for hydroxylation is 2. The number of hydrogen-bond acceptors (Lipinski definition) is 4. The molecule has 0 fully saturated rings. The number of hydrogen-bond donors (Lipinski definition) is 1. The Labute approximate surface area is 104 Å². The third-order valence-corrected chi connectivity index (χ3v) is 3.30. The predicted octanol–water partition coefficient (Wildman–Crippen LogP) is 2.40. The maximum Gasteiger partial charge on any atom is 0.183 e. The summed E-state index contributed by atoms with van der Waals surface area (Å²) in [6, 6.07) is 5.91. The summed E-state index contributed by atoms with van der Waals surface area (Å²) >= 11 is 1.37. The van der Waals surface area contributed by atoms with E-state index in [0.29, 0.717) is 10.9 Å². The number of carbonyl (C=O) groups is 1. The lowest BCUT2D eigenvalue weighted by atomic mass is 10.0. The van der Waals surface area contributed by atoms with Crippen LogP contribution in [0.3, 0.4) is 0 Å². The van der Waals surface area contributed by atoms with Crippen LogP contribution < -0.4 is 0 Å². The third-order valence-electron chi connectivity index (χ3n) is 2.43. The molecule has 2 rings (SSSR count). The molecule has 5 heteroatoms. The number of aromatic nitrogens is 3. The van der Waals surface area contributed by atoms with Crippen LogP contribution in [0.4, 0.5) is 0 Å². The highest BCUT2D eigenvalue weighted by molar-refractivity contribution is 7.99. The number of rotatable bonds is 4. The van der Waals surface area contributed by atoms with Gasteiger partial charge in [0.2, 0.25) is 0 Å². The second kappa shape index (κ2) is 5.14. The van der Waals surface area contributed by atoms with Crippen LogP contribution in [-0.4, -0.2) is 26.7 Å². The molecule has 0 bridgehead atoms. The molecule has 0 unspecified atom stereocenters. The average molecular weight is 247 g/mol. The molecule has 1 N–H and O–H groups in total. The van der Waals surface area contributed by atoms with Crippen molar-refractivity contribution in [3.8, 4) is 0 Å². The highest BCUT2D eigenvalue weighted by Gasteiger charge is 2.10. The number of nitrogens with zero attached hydrogens (tertiary/aromatic N) is 2. The average Bonchev–Trinajstić information content (AvgIpc) is 2.82. The summed E-state index contributed by atoms with van der Waals surface area (Å²) in [4.78, 5) is 16.0. The van der Waals surface area contributed by atoms with Crippen molar-refractivity contribution in [1.29, 1.82) is 0 Å². The van der Waals surface area contributed by atoms with E-state index in [9.17, 15) is 4.79 Å². The summed E-state index contributed by atoms with van der Waals surface area (Å²) in [6.07, 6.45) is 1.44. The van der Waals surface area contributed by atoms with Crippen molar-refractivity contribution in [1.82, 2.24) is 15.2 Å². The molecule has 0 atom stereocenters. The van der Waals surface area contributed by atoms with Crippen molar-refractivity contribution in [3.05, 3.63) is 41.2 Å². The van der Waals surface area contributed by atoms with E-state index >= 15 is 0 Å². The van der Waals surface area contributed by atoms with E-state index in [-0.39, 0.29) is 5.78 Å². The Balaban J connectivity index is 2.07. The van der Waals surface area contributed by atoms with Gasteiger partial charge in [0.1, 0.15) is 6.33 Å². The van der Waals surface area contributed by atoms with Gasteiger partial charge in [-0.3, -0.25) is 9.89 Å². The van der Waals surface area contributed by atoms with Crippen molar-refractivity contribution in [2.24, 2.45) is 0 Å². The van der Waals surface area contributed by atoms with Gasteiger partial charge >= 0.3 is 0 Å². The smallest absolute Gasteiger partial charge is 0.183 e. The number of nitrogens with one attached hydrogen (secondary N) is 1. The monoisotopic (exact) mass is 247 g/mol. The molecular formula is C12H13N3OS. The molecule has 0 saturated carbocycles. The zero-order valence-electron chi connectivity index (χ0n) is 9.73. The normalized spacial score (nSPS) is 10.5. The molecule has 1 aromatic heterocycles. The Morgan fingerprint density at radius 2 is 2.24 bits per heavy atom. The van der Waals surface area contributed by atoms with Gasteiger partial charge < -0.3 is 0 Å². The lowest BCUT2D eigenvalue weighted by Crippen LogP contribution is -2.05. The Morgan fingerprint density at radius 3 is 2.94 bits per heavy atom. The molecule has 0 aliphatic carbocycles. The molecule has 0 amide bonds. The Morgan fingerprint density at radius 1 is 1.41 bits per heavy atom. The minimum absolute atomic E-state index is 0.118. The first-order chi connectivity index (χ1) is 8.16. The number of ketones is 1. The Bertz CT molecular complexity index is 523. The number of carbonyl (C=O) groups excluding carboxylic acids is 1. The summed E-state index contributed by atoms with van der Waals surface area (Å²) < 4.78 is 0. The molecule has 0 radical (unpaired) electrons. The van der Waals surface area contributed by atoms with Crippen molar-refractivity contribution >= 4 is 17.5 Å². The maximum atomic E-state index is 12.0. The van der Waals surface area contributed by atoms with E-state index in [4.69, 9.17) is 0 Å². The summed E-state index contributed by atoms with van der Waals surface area (Å²) in [7, 11) is 0. The van der Waals surface area contributed by atoms with Crippen molar-refractivity contribution in [3.63, 3.8) is 0 Å². The fourth-order valence-electron chi connectivity index (χ4n) is 1.51. The minimum atomic E-state index is 0.118. The highest BCUT2D eigenvalue weighted by Crippen LogP contribution is 2.17. The summed E-state index contributed by atoms with van der Waals surface area (Å²) in [5, 5.41) is 7.13. The molecule has 0 spiro atoms. The molecule has 4 nitrogen and oxygen atoms in total. The van der Waals surface area contributed by atoms with E-state index in [0.717, 1.165) is 16.7 Å². The predicted molar refractivity (Wildman–Crippen MR) is 67.4 cm³/mol. The van der Waals surface area contributed by atoms with Crippen LogP contribution in [0, 0.1) is 13.8 Å². The molecule has 2 aromatic rings. The standard InChI is InChI=1S/C12H13N3OS/c1-8-3-4-9(2)10(5-8)11(16)6-17-12-13-7-14-15-12/h3-5,7H,6H2,1-2H3,(H,13,14,15). The van der Waals surface area contributed by atoms with Gasteiger partial charge in [-0.25, -0.2) is 4.98 Å². The Kier molecular flexibility index (Phi) is 3.58. The molecule has 17 heavy (non-hydrogen) atoms. The minimum Gasteiger partial charge on any atom is -0.293 e. The van der Waals surface area contributed by atoms with Gasteiger partial charge in [-0.15, -0.1) is 0 Å². The van der Waals surface area contributed by atoms with Gasteiger partial charge in [0.15, 0.2) is 10.9 Å². The van der Waals surface area contributed by atoms with E-state index in [1.165, 1.54) is 18.1 Å². The van der Waals surface area contributed by atoms with E-state index in [2.05, 4.69) is 15.2 Å². The second-order valence-corrected chi connectivity index (χ2v) is 4.78. The van der Waals surface area contributed by atoms with Gasteiger partial charge in [-0.1, -0.05) is 29.5 Å². The largest absolute Gasteiger partial charge is 0.293 e. The number of aromatic amines is 1. The first-order valence-corrected chi connectivity index (χ1v) is 6.24. The topological polar surface area (TPSA) is 58.6 Å². The second-order valence-electron chi connectivity index (χ2n) is 3.82. The molecule has 0 aliphatic heterocycles. The van der Waals surface area contributed by atoms with Gasteiger partial charge in [0, 0.05) is 5.56 Å². The van der Waals surface area contributed by atoms with E-state index < -0.39 is 0 Å². The fraction of sp³-hybridized carbons (Fsp3) is 0.250. The van der Waals surface area contributed by atoms with Crippen LogP contribution in [0.25, 0.3) is 0 Å². The first-order valence-electron chi connectivity index (χ1n) is 5.25. The lowest BCUT2D eigenvalue weighted by Gasteiger charge is -2.05.